The van der Waals surface area contributed by atoms with E-state index in [2.05, 4.69) is 11.8 Å². The van der Waals surface area contributed by atoms with E-state index in [0.29, 0.717) is 23.1 Å². The SMILES string of the molecule is CC1CCCCN1Cc1cc(C(N)=S)ccc1F. The summed E-state index contributed by atoms with van der Waals surface area (Å²) in [5.41, 5.74) is 7.02. The van der Waals surface area contributed by atoms with Crippen molar-refractivity contribution in [2.24, 2.45) is 5.73 Å². The Bertz CT molecular complexity index is 447. The molecule has 0 spiro atoms. The largest absolute Gasteiger partial charge is 0.389 e. The van der Waals surface area contributed by atoms with Crippen molar-refractivity contribution in [3.63, 3.8) is 0 Å². The van der Waals surface area contributed by atoms with Crippen LogP contribution in [-0.4, -0.2) is 22.5 Å². The van der Waals surface area contributed by atoms with Gasteiger partial charge in [-0.3, -0.25) is 4.90 Å². The van der Waals surface area contributed by atoms with E-state index in [4.69, 9.17) is 18.0 Å². The maximum atomic E-state index is 13.8. The first-order chi connectivity index (χ1) is 8.58. The fourth-order valence-corrected chi connectivity index (χ4v) is 2.59. The second-order valence-corrected chi connectivity index (χ2v) is 5.43. The molecule has 1 aliphatic rings. The molecule has 1 aliphatic heterocycles. The zero-order chi connectivity index (χ0) is 13.1. The number of halogens is 1. The Morgan fingerprint density at radius 3 is 2.94 bits per heavy atom. The average Bonchev–Trinajstić information content (AvgIpc) is 2.34. The van der Waals surface area contributed by atoms with Gasteiger partial charge in [-0.05, 0) is 44.5 Å². The van der Waals surface area contributed by atoms with E-state index in [0.717, 1.165) is 12.1 Å². The molecule has 1 heterocycles. The molecule has 2 N–H and O–H groups in total. The van der Waals surface area contributed by atoms with Gasteiger partial charge in [0, 0.05) is 23.7 Å². The van der Waals surface area contributed by atoms with Gasteiger partial charge in [0.25, 0.3) is 0 Å². The van der Waals surface area contributed by atoms with Crippen LogP contribution in [0.25, 0.3) is 0 Å². The second-order valence-electron chi connectivity index (χ2n) is 4.99. The van der Waals surface area contributed by atoms with Crippen LogP contribution in [0.1, 0.15) is 37.3 Å². The minimum absolute atomic E-state index is 0.173. The Hall–Kier alpha value is -1.00. The first-order valence-electron chi connectivity index (χ1n) is 6.40. The second kappa shape index (κ2) is 5.76. The highest BCUT2D eigenvalue weighted by Crippen LogP contribution is 2.21. The lowest BCUT2D eigenvalue weighted by molar-refractivity contribution is 0.151. The van der Waals surface area contributed by atoms with Gasteiger partial charge in [-0.2, -0.15) is 0 Å². The summed E-state index contributed by atoms with van der Waals surface area (Å²) in [5, 5.41) is 0. The molecule has 4 heteroatoms. The third-order valence-electron chi connectivity index (χ3n) is 3.64. The van der Waals surface area contributed by atoms with Gasteiger partial charge < -0.3 is 5.73 Å². The topological polar surface area (TPSA) is 29.3 Å². The highest BCUT2D eigenvalue weighted by Gasteiger charge is 2.19. The monoisotopic (exact) mass is 266 g/mol. The summed E-state index contributed by atoms with van der Waals surface area (Å²) in [6.45, 7) is 3.88. The molecule has 2 rings (SSSR count). The highest BCUT2D eigenvalue weighted by molar-refractivity contribution is 7.80. The van der Waals surface area contributed by atoms with Crippen LogP contribution < -0.4 is 5.73 Å². The summed E-state index contributed by atoms with van der Waals surface area (Å²) in [7, 11) is 0. The number of benzene rings is 1. The summed E-state index contributed by atoms with van der Waals surface area (Å²) < 4.78 is 13.8. The van der Waals surface area contributed by atoms with Crippen molar-refractivity contribution < 1.29 is 4.39 Å². The van der Waals surface area contributed by atoms with Crippen LogP contribution in [0.3, 0.4) is 0 Å². The molecule has 1 unspecified atom stereocenters. The van der Waals surface area contributed by atoms with Crippen molar-refractivity contribution in [3.05, 3.63) is 35.1 Å². The lowest BCUT2D eigenvalue weighted by atomic mass is 10.0. The Morgan fingerprint density at radius 1 is 1.50 bits per heavy atom. The lowest BCUT2D eigenvalue weighted by Gasteiger charge is -2.33. The van der Waals surface area contributed by atoms with Crippen LogP contribution in [0.5, 0.6) is 0 Å². The average molecular weight is 266 g/mol. The molecule has 18 heavy (non-hydrogen) atoms. The normalized spacial score (nSPS) is 20.9. The summed E-state index contributed by atoms with van der Waals surface area (Å²) in [6, 6.07) is 5.39. The first-order valence-corrected chi connectivity index (χ1v) is 6.81. The maximum Gasteiger partial charge on any atom is 0.127 e. The summed E-state index contributed by atoms with van der Waals surface area (Å²) in [4.78, 5) is 2.65. The molecule has 0 saturated carbocycles. The van der Waals surface area contributed by atoms with E-state index in [1.165, 1.54) is 25.3 Å². The number of likely N-dealkylation sites (tertiary alicyclic amines) is 1. The number of thiocarbonyl (C=S) groups is 1. The maximum absolute atomic E-state index is 13.8. The summed E-state index contributed by atoms with van der Waals surface area (Å²) in [5.74, 6) is -0.173. The van der Waals surface area contributed by atoms with Crippen LogP contribution in [0.2, 0.25) is 0 Å². The number of hydrogen-bond acceptors (Lipinski definition) is 2. The quantitative estimate of drug-likeness (QED) is 0.853. The van der Waals surface area contributed by atoms with Gasteiger partial charge in [0.1, 0.15) is 10.8 Å². The van der Waals surface area contributed by atoms with Crippen LogP contribution in [0, 0.1) is 5.82 Å². The van der Waals surface area contributed by atoms with E-state index in [1.807, 2.05) is 0 Å². The van der Waals surface area contributed by atoms with E-state index >= 15 is 0 Å². The smallest absolute Gasteiger partial charge is 0.127 e. The van der Waals surface area contributed by atoms with Gasteiger partial charge in [-0.25, -0.2) is 4.39 Å². The lowest BCUT2D eigenvalue weighted by Crippen LogP contribution is -2.37. The molecular formula is C14H19FN2S. The molecule has 98 valence electrons. The van der Waals surface area contributed by atoms with E-state index in [9.17, 15) is 4.39 Å². The Kier molecular flexibility index (Phi) is 4.30. The van der Waals surface area contributed by atoms with E-state index < -0.39 is 0 Å². The van der Waals surface area contributed by atoms with E-state index in [1.54, 1.807) is 12.1 Å². The van der Waals surface area contributed by atoms with Crippen LogP contribution in [0.15, 0.2) is 18.2 Å². The van der Waals surface area contributed by atoms with Gasteiger partial charge >= 0.3 is 0 Å². The first kappa shape index (κ1) is 13.4. The molecule has 0 bridgehead atoms. The molecular weight excluding hydrogens is 247 g/mol. The molecule has 1 saturated heterocycles. The molecule has 0 aromatic heterocycles. The van der Waals surface area contributed by atoms with Gasteiger partial charge in [0.15, 0.2) is 0 Å². The predicted octanol–water partition coefficient (Wildman–Crippen LogP) is 2.83. The number of nitrogens with two attached hydrogens (primary N) is 1. The zero-order valence-electron chi connectivity index (χ0n) is 10.7. The number of hydrogen-bond donors (Lipinski definition) is 1. The van der Waals surface area contributed by atoms with Crippen LogP contribution >= 0.6 is 12.2 Å². The third kappa shape index (κ3) is 3.06. The van der Waals surface area contributed by atoms with Crippen LogP contribution in [-0.2, 0) is 6.54 Å². The van der Waals surface area contributed by atoms with Gasteiger partial charge in [-0.1, -0.05) is 18.6 Å². The molecule has 1 aromatic rings. The Morgan fingerprint density at radius 2 is 2.28 bits per heavy atom. The van der Waals surface area contributed by atoms with Crippen molar-refractivity contribution in [2.75, 3.05) is 6.54 Å². The number of rotatable bonds is 3. The van der Waals surface area contributed by atoms with Crippen molar-refractivity contribution in [3.8, 4) is 0 Å². The minimum atomic E-state index is -0.173. The number of nitrogens with zero attached hydrogens (tertiary/aromatic N) is 1. The standard InChI is InChI=1S/C14H19FN2S/c1-10-4-2-3-7-17(10)9-12-8-11(14(16)18)5-6-13(12)15/h5-6,8,10H,2-4,7,9H2,1H3,(H2,16,18). The summed E-state index contributed by atoms with van der Waals surface area (Å²) >= 11 is 4.93. The zero-order valence-corrected chi connectivity index (χ0v) is 11.5. The van der Waals surface area contributed by atoms with Gasteiger partial charge in [0.2, 0.25) is 0 Å². The molecule has 0 amide bonds. The van der Waals surface area contributed by atoms with Crippen molar-refractivity contribution in [1.29, 1.82) is 0 Å². The Labute approximate surface area is 113 Å². The molecule has 0 aliphatic carbocycles. The van der Waals surface area contributed by atoms with Crippen molar-refractivity contribution in [1.82, 2.24) is 4.90 Å². The molecule has 0 radical (unpaired) electrons. The number of piperidine rings is 1. The molecule has 1 atom stereocenters. The third-order valence-corrected chi connectivity index (χ3v) is 3.88. The predicted molar refractivity (Wildman–Crippen MR) is 76.0 cm³/mol. The minimum Gasteiger partial charge on any atom is -0.389 e. The molecule has 2 nitrogen and oxygen atoms in total. The van der Waals surface area contributed by atoms with Crippen molar-refractivity contribution >= 4 is 17.2 Å². The van der Waals surface area contributed by atoms with Gasteiger partial charge in [-0.15, -0.1) is 0 Å². The highest BCUT2D eigenvalue weighted by atomic mass is 32.1. The van der Waals surface area contributed by atoms with Crippen molar-refractivity contribution in [2.45, 2.75) is 38.8 Å². The molecule has 1 fully saturated rings. The fraction of sp³-hybridized carbons (Fsp3) is 0.500. The fourth-order valence-electron chi connectivity index (χ4n) is 2.46. The van der Waals surface area contributed by atoms with Crippen LogP contribution in [0.4, 0.5) is 4.39 Å². The van der Waals surface area contributed by atoms with E-state index in [-0.39, 0.29) is 5.82 Å². The summed E-state index contributed by atoms with van der Waals surface area (Å²) in [6.07, 6.45) is 3.66. The Balaban J connectivity index is 2.17. The molecule has 1 aromatic carbocycles. The van der Waals surface area contributed by atoms with Gasteiger partial charge in [0.05, 0.1) is 0 Å².